The topological polar surface area (TPSA) is 84.2 Å². The van der Waals surface area contributed by atoms with Gasteiger partial charge in [0.25, 0.3) is 5.91 Å². The molecule has 0 spiro atoms. The highest BCUT2D eigenvalue weighted by atomic mass is 32.2. The highest BCUT2D eigenvalue weighted by molar-refractivity contribution is 7.99. The average Bonchev–Trinajstić information content (AvgIpc) is 3.42. The number of aromatic nitrogens is 2. The van der Waals surface area contributed by atoms with Crippen LogP contribution in [0.2, 0.25) is 0 Å². The van der Waals surface area contributed by atoms with Gasteiger partial charge in [-0.3, -0.25) is 9.78 Å². The number of carbonyl (C=O) groups is 2. The summed E-state index contributed by atoms with van der Waals surface area (Å²) in [6.45, 7) is 2.36. The van der Waals surface area contributed by atoms with Crippen LogP contribution in [0.1, 0.15) is 44.8 Å². The lowest BCUT2D eigenvalue weighted by atomic mass is 10.0. The maximum absolute atomic E-state index is 13.7. The Morgan fingerprint density at radius 1 is 0.976 bits per heavy atom. The highest BCUT2D eigenvalue weighted by Crippen LogP contribution is 2.36. The third-order valence-electron chi connectivity index (χ3n) is 7.17. The zero-order valence-electron chi connectivity index (χ0n) is 22.6. The minimum absolute atomic E-state index is 0.192. The second-order valence-corrected chi connectivity index (χ2v) is 11.2. The van der Waals surface area contributed by atoms with Gasteiger partial charge in [-0.1, -0.05) is 54.2 Å². The Balaban J connectivity index is 1.36. The number of carboxylic acids is 1. The summed E-state index contributed by atoms with van der Waals surface area (Å²) in [7, 11) is 0. The molecule has 1 atom stereocenters. The minimum atomic E-state index is -0.996. The highest BCUT2D eigenvalue weighted by Gasteiger charge is 2.19. The lowest BCUT2D eigenvalue weighted by Gasteiger charge is -2.17. The van der Waals surface area contributed by atoms with E-state index < -0.39 is 5.97 Å². The fourth-order valence-corrected chi connectivity index (χ4v) is 5.98. The van der Waals surface area contributed by atoms with Crippen molar-refractivity contribution in [2.24, 2.45) is 0 Å². The predicted octanol–water partition coefficient (Wildman–Crippen LogP) is 7.72. The smallest absolute Gasteiger partial charge is 0.335 e. The number of hydrogen-bond donors (Lipinski definition) is 2. The maximum Gasteiger partial charge on any atom is 0.335 e. The van der Waals surface area contributed by atoms with Crippen LogP contribution < -0.4 is 5.32 Å². The number of benzene rings is 4. The van der Waals surface area contributed by atoms with Crippen LogP contribution >= 0.6 is 11.8 Å². The van der Waals surface area contributed by atoms with E-state index in [0.717, 1.165) is 37.2 Å². The van der Waals surface area contributed by atoms with Crippen molar-refractivity contribution < 1.29 is 19.1 Å². The summed E-state index contributed by atoms with van der Waals surface area (Å²) < 4.78 is 15.7. The SMILES string of the molecule is C[C@H](NC(=O)c1ccc(Sc2ccccc2)c2ccn(Cc3ccc4cc(F)cnc4c3)c12)c1ccc(C(=O)O)cc1. The number of rotatable bonds is 8. The molecule has 0 saturated carbocycles. The number of carbonyl (C=O) groups excluding carboxylic acids is 1. The number of carboxylic acid groups (broad SMARTS) is 1. The molecule has 2 heterocycles. The summed E-state index contributed by atoms with van der Waals surface area (Å²) in [6, 6.07) is 29.3. The average molecular weight is 576 g/mol. The molecule has 0 aliphatic heterocycles. The molecule has 6 aromatic rings. The van der Waals surface area contributed by atoms with Gasteiger partial charge in [0.1, 0.15) is 5.82 Å². The van der Waals surface area contributed by atoms with Crippen LogP contribution in [-0.2, 0) is 6.54 Å². The first-order chi connectivity index (χ1) is 20.4. The number of nitrogens with zero attached hydrogens (tertiary/aromatic N) is 2. The number of fused-ring (bicyclic) bond motifs is 2. The van der Waals surface area contributed by atoms with Gasteiger partial charge in [-0.2, -0.15) is 0 Å². The van der Waals surface area contributed by atoms with E-state index in [-0.39, 0.29) is 23.3 Å². The van der Waals surface area contributed by atoms with Gasteiger partial charge in [-0.05, 0) is 72.6 Å². The van der Waals surface area contributed by atoms with E-state index in [1.165, 1.54) is 24.4 Å². The van der Waals surface area contributed by atoms with Gasteiger partial charge in [0.05, 0.1) is 34.4 Å². The Bertz CT molecular complexity index is 1940. The third kappa shape index (κ3) is 5.62. The number of pyridine rings is 1. The van der Waals surface area contributed by atoms with Crippen molar-refractivity contribution in [3.63, 3.8) is 0 Å². The molecule has 4 aromatic carbocycles. The van der Waals surface area contributed by atoms with Gasteiger partial charge >= 0.3 is 5.97 Å². The quantitative estimate of drug-likeness (QED) is 0.194. The van der Waals surface area contributed by atoms with Crippen molar-refractivity contribution in [2.75, 3.05) is 0 Å². The van der Waals surface area contributed by atoms with Crippen LogP contribution in [0.3, 0.4) is 0 Å². The van der Waals surface area contributed by atoms with E-state index in [4.69, 9.17) is 0 Å². The van der Waals surface area contributed by atoms with Crippen LogP contribution in [0.5, 0.6) is 0 Å². The van der Waals surface area contributed by atoms with Gasteiger partial charge in [-0.25, -0.2) is 9.18 Å². The van der Waals surface area contributed by atoms with Crippen molar-refractivity contribution in [1.29, 1.82) is 0 Å². The van der Waals surface area contributed by atoms with E-state index in [9.17, 15) is 19.1 Å². The Kier molecular flexibility index (Phi) is 7.46. The number of aromatic carboxylic acids is 1. The molecule has 0 aliphatic carbocycles. The van der Waals surface area contributed by atoms with Crippen LogP contribution in [0, 0.1) is 5.82 Å². The lowest BCUT2D eigenvalue weighted by Crippen LogP contribution is -2.27. The molecule has 208 valence electrons. The predicted molar refractivity (Wildman–Crippen MR) is 163 cm³/mol. The minimum Gasteiger partial charge on any atom is -0.478 e. The van der Waals surface area contributed by atoms with E-state index in [2.05, 4.69) is 27.0 Å². The van der Waals surface area contributed by atoms with E-state index in [0.29, 0.717) is 17.6 Å². The van der Waals surface area contributed by atoms with Crippen molar-refractivity contribution in [2.45, 2.75) is 29.3 Å². The molecule has 2 N–H and O–H groups in total. The number of halogens is 1. The molecule has 6 nitrogen and oxygen atoms in total. The summed E-state index contributed by atoms with van der Waals surface area (Å²) in [5.74, 6) is -1.61. The van der Waals surface area contributed by atoms with E-state index in [1.807, 2.05) is 67.7 Å². The Morgan fingerprint density at radius 3 is 2.52 bits per heavy atom. The molecule has 1 amide bonds. The van der Waals surface area contributed by atoms with Crippen molar-refractivity contribution >= 4 is 45.4 Å². The van der Waals surface area contributed by atoms with Crippen LogP contribution in [0.4, 0.5) is 4.39 Å². The second-order valence-electron chi connectivity index (χ2n) is 10.0. The normalized spacial score (nSPS) is 12.0. The number of amides is 1. The summed E-state index contributed by atoms with van der Waals surface area (Å²) in [5, 5.41) is 14.0. The van der Waals surface area contributed by atoms with Gasteiger partial charge < -0.3 is 15.0 Å². The summed E-state index contributed by atoms with van der Waals surface area (Å²) in [5.41, 5.74) is 4.00. The first-order valence-electron chi connectivity index (χ1n) is 13.4. The van der Waals surface area contributed by atoms with Gasteiger partial charge in [0.2, 0.25) is 0 Å². The zero-order chi connectivity index (χ0) is 29.2. The molecule has 0 fully saturated rings. The standard InChI is InChI=1S/C34H26FN3O3S/c1-21(23-9-11-24(12-10-23)34(40)41)37-33(39)29-13-14-31(42-27-5-3-2-4-6-27)28-15-16-38(32(28)29)20-22-7-8-25-18-26(35)19-36-30(25)17-22/h2-19,21H,20H2,1H3,(H,37,39)(H,40,41)/t21-/m0/s1. The summed E-state index contributed by atoms with van der Waals surface area (Å²) in [6.07, 6.45) is 3.19. The summed E-state index contributed by atoms with van der Waals surface area (Å²) >= 11 is 1.64. The largest absolute Gasteiger partial charge is 0.478 e. The van der Waals surface area contributed by atoms with Gasteiger partial charge in [0, 0.05) is 33.3 Å². The van der Waals surface area contributed by atoms with Crippen LogP contribution in [0.25, 0.3) is 21.8 Å². The Hall–Kier alpha value is -4.95. The molecule has 42 heavy (non-hydrogen) atoms. The van der Waals surface area contributed by atoms with E-state index >= 15 is 0 Å². The fraction of sp³-hybridized carbons (Fsp3) is 0.0882. The monoisotopic (exact) mass is 575 g/mol. The molecule has 0 radical (unpaired) electrons. The zero-order valence-corrected chi connectivity index (χ0v) is 23.4. The summed E-state index contributed by atoms with van der Waals surface area (Å²) in [4.78, 5) is 31.3. The van der Waals surface area contributed by atoms with Gasteiger partial charge in [0.15, 0.2) is 0 Å². The van der Waals surface area contributed by atoms with Crippen LogP contribution in [-0.4, -0.2) is 26.5 Å². The molecule has 0 aliphatic rings. The molecule has 0 bridgehead atoms. The Labute approximate surface area is 245 Å². The first kappa shape index (κ1) is 27.2. The molecule has 8 heteroatoms. The molecular formula is C34H26FN3O3S. The first-order valence-corrected chi connectivity index (χ1v) is 14.2. The van der Waals surface area contributed by atoms with Crippen LogP contribution in [0.15, 0.2) is 119 Å². The van der Waals surface area contributed by atoms with Gasteiger partial charge in [-0.15, -0.1) is 0 Å². The van der Waals surface area contributed by atoms with Crippen molar-refractivity contribution in [3.05, 3.63) is 138 Å². The second kappa shape index (κ2) is 11.5. The maximum atomic E-state index is 13.7. The van der Waals surface area contributed by atoms with Crippen molar-refractivity contribution in [1.82, 2.24) is 14.9 Å². The molecular weight excluding hydrogens is 549 g/mol. The molecule has 0 saturated heterocycles. The number of hydrogen-bond acceptors (Lipinski definition) is 4. The van der Waals surface area contributed by atoms with Crippen molar-refractivity contribution in [3.8, 4) is 0 Å². The molecule has 6 rings (SSSR count). The molecule has 0 unspecified atom stereocenters. The lowest BCUT2D eigenvalue weighted by molar-refractivity contribution is 0.0696. The number of nitrogens with one attached hydrogen (secondary N) is 1. The fourth-order valence-electron chi connectivity index (χ4n) is 5.03. The molecule has 2 aromatic heterocycles. The third-order valence-corrected chi connectivity index (χ3v) is 8.26. The van der Waals surface area contributed by atoms with E-state index in [1.54, 1.807) is 23.9 Å². The Morgan fingerprint density at radius 2 is 1.76 bits per heavy atom.